The first-order chi connectivity index (χ1) is 10.1. The highest BCUT2D eigenvalue weighted by atomic mass is 35.5. The predicted molar refractivity (Wildman–Crippen MR) is 78.1 cm³/mol. The Hall–Kier alpha value is -2.40. The highest BCUT2D eigenvalue weighted by Gasteiger charge is 2.19. The van der Waals surface area contributed by atoms with E-state index in [-0.39, 0.29) is 12.1 Å². The second-order valence-corrected chi connectivity index (χ2v) is 4.83. The zero-order chi connectivity index (χ0) is 15.2. The van der Waals surface area contributed by atoms with Gasteiger partial charge in [-0.05, 0) is 17.7 Å². The number of carbonyl (C=O) groups excluding carboxylic acids is 1. The maximum Gasteiger partial charge on any atom is 0.305 e. The molecule has 5 nitrogen and oxygen atoms in total. The molecule has 2 aromatic rings. The summed E-state index contributed by atoms with van der Waals surface area (Å²) in [5.41, 5.74) is 0.910. The van der Waals surface area contributed by atoms with E-state index in [9.17, 15) is 9.59 Å². The van der Waals surface area contributed by atoms with Crippen LogP contribution in [0.25, 0.3) is 0 Å². The number of nitrogens with zero attached hydrogens (tertiary/aromatic N) is 1. The molecule has 1 aromatic heterocycles. The smallest absolute Gasteiger partial charge is 0.305 e. The van der Waals surface area contributed by atoms with Gasteiger partial charge in [0.1, 0.15) is 5.69 Å². The van der Waals surface area contributed by atoms with Gasteiger partial charge in [-0.3, -0.25) is 9.59 Å². The van der Waals surface area contributed by atoms with Crippen molar-refractivity contribution < 1.29 is 14.7 Å². The van der Waals surface area contributed by atoms with Gasteiger partial charge in [0.25, 0.3) is 5.91 Å². The molecule has 1 aromatic carbocycles. The van der Waals surface area contributed by atoms with Gasteiger partial charge in [-0.2, -0.15) is 0 Å². The zero-order valence-corrected chi connectivity index (χ0v) is 11.7. The van der Waals surface area contributed by atoms with Gasteiger partial charge in [-0.15, -0.1) is 0 Å². The Morgan fingerprint density at radius 2 is 1.90 bits per heavy atom. The lowest BCUT2D eigenvalue weighted by Gasteiger charge is -2.17. The number of nitrogens with one attached hydrogen (secondary N) is 1. The van der Waals surface area contributed by atoms with Gasteiger partial charge in [0.15, 0.2) is 0 Å². The average molecular weight is 305 g/mol. The van der Waals surface area contributed by atoms with E-state index in [2.05, 4.69) is 10.3 Å². The maximum absolute atomic E-state index is 12.1. The fourth-order valence-corrected chi connectivity index (χ4v) is 1.97. The lowest BCUT2D eigenvalue weighted by atomic mass is 10.0. The van der Waals surface area contributed by atoms with E-state index in [1.165, 1.54) is 12.3 Å². The molecule has 0 fully saturated rings. The van der Waals surface area contributed by atoms with Crippen LogP contribution in [0.1, 0.15) is 28.5 Å². The molecule has 1 amide bonds. The van der Waals surface area contributed by atoms with Crippen molar-refractivity contribution in [2.75, 3.05) is 0 Å². The lowest BCUT2D eigenvalue weighted by molar-refractivity contribution is -0.137. The summed E-state index contributed by atoms with van der Waals surface area (Å²) in [4.78, 5) is 27.0. The summed E-state index contributed by atoms with van der Waals surface area (Å²) < 4.78 is 0. The second-order valence-electron chi connectivity index (χ2n) is 4.40. The van der Waals surface area contributed by atoms with Crippen molar-refractivity contribution in [3.05, 3.63) is 64.9 Å². The summed E-state index contributed by atoms with van der Waals surface area (Å²) in [6.07, 6.45) is 1.16. The molecule has 0 radical (unpaired) electrons. The highest BCUT2D eigenvalue weighted by molar-refractivity contribution is 6.30. The van der Waals surface area contributed by atoms with E-state index >= 15 is 0 Å². The molecule has 108 valence electrons. The van der Waals surface area contributed by atoms with Gasteiger partial charge >= 0.3 is 5.97 Å². The first-order valence-corrected chi connectivity index (χ1v) is 6.63. The molecule has 21 heavy (non-hydrogen) atoms. The van der Waals surface area contributed by atoms with Gasteiger partial charge in [-0.25, -0.2) is 4.98 Å². The minimum Gasteiger partial charge on any atom is -0.481 e. The number of benzene rings is 1. The van der Waals surface area contributed by atoms with E-state index in [1.807, 2.05) is 6.07 Å². The van der Waals surface area contributed by atoms with Gasteiger partial charge in [0, 0.05) is 6.20 Å². The molecule has 0 saturated carbocycles. The monoisotopic (exact) mass is 304 g/mol. The van der Waals surface area contributed by atoms with Crippen LogP contribution >= 0.6 is 11.6 Å². The minimum atomic E-state index is -0.992. The van der Waals surface area contributed by atoms with E-state index in [0.29, 0.717) is 5.02 Å². The Labute approximate surface area is 126 Å². The van der Waals surface area contributed by atoms with Gasteiger partial charge in [0.2, 0.25) is 0 Å². The van der Waals surface area contributed by atoms with Crippen molar-refractivity contribution in [1.82, 2.24) is 10.3 Å². The van der Waals surface area contributed by atoms with Crippen LogP contribution in [-0.2, 0) is 4.79 Å². The third-order valence-corrected chi connectivity index (χ3v) is 3.07. The normalized spacial score (nSPS) is 11.7. The number of carboxylic acids is 1. The summed E-state index contributed by atoms with van der Waals surface area (Å²) in [6.45, 7) is 0. The summed E-state index contributed by atoms with van der Waals surface area (Å²) in [7, 11) is 0. The number of aliphatic carboxylic acids is 1. The van der Waals surface area contributed by atoms with Crippen molar-refractivity contribution in [1.29, 1.82) is 0 Å². The number of halogens is 1. The number of carboxylic acid groups (broad SMARTS) is 1. The molecule has 0 bridgehead atoms. The zero-order valence-electron chi connectivity index (χ0n) is 11.0. The Morgan fingerprint density at radius 3 is 2.48 bits per heavy atom. The third-order valence-electron chi connectivity index (χ3n) is 2.85. The number of rotatable bonds is 5. The van der Waals surface area contributed by atoms with E-state index in [4.69, 9.17) is 16.7 Å². The molecular weight excluding hydrogens is 292 g/mol. The third kappa shape index (κ3) is 4.29. The maximum atomic E-state index is 12.1. The van der Waals surface area contributed by atoms with Crippen molar-refractivity contribution in [3.8, 4) is 0 Å². The second kappa shape index (κ2) is 6.85. The van der Waals surface area contributed by atoms with Crippen LogP contribution in [0.3, 0.4) is 0 Å². The SMILES string of the molecule is O=C(O)CC(NC(=O)c1ccc(Cl)cn1)c1ccccc1. The van der Waals surface area contributed by atoms with Crippen LogP contribution in [0.2, 0.25) is 5.02 Å². The van der Waals surface area contributed by atoms with Gasteiger partial charge in [-0.1, -0.05) is 41.9 Å². The summed E-state index contributed by atoms with van der Waals surface area (Å²) in [5.74, 6) is -1.44. The number of amides is 1. The highest BCUT2D eigenvalue weighted by Crippen LogP contribution is 2.17. The summed E-state index contributed by atoms with van der Waals surface area (Å²) >= 11 is 5.71. The molecule has 2 N–H and O–H groups in total. The molecule has 2 rings (SSSR count). The molecule has 1 atom stereocenters. The van der Waals surface area contributed by atoms with Gasteiger partial charge < -0.3 is 10.4 Å². The number of carbonyl (C=O) groups is 2. The number of hydrogen-bond acceptors (Lipinski definition) is 3. The molecule has 0 saturated heterocycles. The van der Waals surface area contributed by atoms with Crippen molar-refractivity contribution in [2.24, 2.45) is 0 Å². The average Bonchev–Trinajstić information content (AvgIpc) is 2.47. The predicted octanol–water partition coefficient (Wildman–Crippen LogP) is 2.68. The molecule has 1 heterocycles. The first-order valence-electron chi connectivity index (χ1n) is 6.25. The minimum absolute atomic E-state index is 0.186. The van der Waals surface area contributed by atoms with Crippen LogP contribution in [-0.4, -0.2) is 22.0 Å². The van der Waals surface area contributed by atoms with Crippen molar-refractivity contribution >= 4 is 23.5 Å². The summed E-state index contributed by atoms with van der Waals surface area (Å²) in [5, 5.41) is 12.1. The molecule has 0 spiro atoms. The largest absolute Gasteiger partial charge is 0.481 e. The summed E-state index contributed by atoms with van der Waals surface area (Å²) in [6, 6.07) is 11.4. The molecule has 0 aliphatic carbocycles. The van der Waals surface area contributed by atoms with Gasteiger partial charge in [0.05, 0.1) is 17.5 Å². The number of hydrogen-bond donors (Lipinski definition) is 2. The standard InChI is InChI=1S/C15H13ClN2O3/c16-11-6-7-12(17-9-11)15(21)18-13(8-14(19)20)10-4-2-1-3-5-10/h1-7,9,13H,8H2,(H,18,21)(H,19,20). The molecule has 1 unspecified atom stereocenters. The van der Waals surface area contributed by atoms with Crippen LogP contribution < -0.4 is 5.32 Å². The van der Waals surface area contributed by atoms with Crippen molar-refractivity contribution in [2.45, 2.75) is 12.5 Å². The quantitative estimate of drug-likeness (QED) is 0.890. The van der Waals surface area contributed by atoms with E-state index in [1.54, 1.807) is 30.3 Å². The van der Waals surface area contributed by atoms with E-state index in [0.717, 1.165) is 5.56 Å². The Bertz CT molecular complexity index is 629. The number of pyridine rings is 1. The lowest BCUT2D eigenvalue weighted by Crippen LogP contribution is -2.30. The molecule has 6 heteroatoms. The van der Waals surface area contributed by atoms with Crippen LogP contribution in [0.5, 0.6) is 0 Å². The first kappa shape index (κ1) is 15.0. The molecule has 0 aliphatic heterocycles. The van der Waals surface area contributed by atoms with Crippen LogP contribution in [0.15, 0.2) is 48.7 Å². The van der Waals surface area contributed by atoms with Crippen LogP contribution in [0, 0.1) is 0 Å². The number of aromatic nitrogens is 1. The van der Waals surface area contributed by atoms with Crippen LogP contribution in [0.4, 0.5) is 0 Å². The molecular formula is C15H13ClN2O3. The van der Waals surface area contributed by atoms with E-state index < -0.39 is 17.9 Å². The fraction of sp³-hybridized carbons (Fsp3) is 0.133. The topological polar surface area (TPSA) is 79.3 Å². The molecule has 0 aliphatic rings. The Kier molecular flexibility index (Phi) is 4.90. The Morgan fingerprint density at radius 1 is 1.19 bits per heavy atom. The Balaban J connectivity index is 2.17. The fourth-order valence-electron chi connectivity index (χ4n) is 1.85. The van der Waals surface area contributed by atoms with Crippen molar-refractivity contribution in [3.63, 3.8) is 0 Å².